The lowest BCUT2D eigenvalue weighted by Gasteiger charge is -2.20. The van der Waals surface area contributed by atoms with E-state index in [1.54, 1.807) is 0 Å². The summed E-state index contributed by atoms with van der Waals surface area (Å²) in [5.41, 5.74) is 0.270. The Balaban J connectivity index is -0.000000439. The first-order chi connectivity index (χ1) is 15.6. The van der Waals surface area contributed by atoms with E-state index in [1.165, 1.54) is 5.75 Å². The van der Waals surface area contributed by atoms with Gasteiger partial charge in [0.1, 0.15) is 11.6 Å². The van der Waals surface area contributed by atoms with Crippen LogP contribution in [0.3, 0.4) is 0 Å². The van der Waals surface area contributed by atoms with Gasteiger partial charge in [0.15, 0.2) is 0 Å². The van der Waals surface area contributed by atoms with Crippen LogP contribution >= 0.6 is 11.8 Å². The smallest absolute Gasteiger partial charge is 0.137 e. The summed E-state index contributed by atoms with van der Waals surface area (Å²) in [4.78, 5) is 22.3. The number of hydrogen-bond acceptors (Lipinski definition) is 6. The average Bonchev–Trinajstić information content (AvgIpc) is 2.63. The lowest BCUT2D eigenvalue weighted by atomic mass is 10.1. The lowest BCUT2D eigenvalue weighted by Crippen LogP contribution is -2.37. The molecule has 0 saturated heterocycles. The fraction of sp³-hybridized carbons (Fsp3) is 0.931. The number of thioether (sulfide) groups is 1. The number of ketones is 2. The summed E-state index contributed by atoms with van der Waals surface area (Å²) in [6.45, 7) is 33.5. The highest BCUT2D eigenvalue weighted by Crippen LogP contribution is 2.09. The van der Waals surface area contributed by atoms with E-state index in [0.29, 0.717) is 25.2 Å². The third-order valence-electron chi connectivity index (χ3n) is 4.41. The number of hydrogen-bond donors (Lipinski definition) is 2. The van der Waals surface area contributed by atoms with Crippen LogP contribution in [-0.2, 0) is 14.3 Å². The maximum Gasteiger partial charge on any atom is 0.137 e. The minimum Gasteiger partial charge on any atom is -0.375 e. The molecule has 0 rings (SSSR count). The molecule has 0 aliphatic rings. The second kappa shape index (κ2) is 19.7. The minimum absolute atomic E-state index is 0.122. The number of ether oxygens (including phenoxy) is 1. The minimum atomic E-state index is -0.128. The molecule has 0 atom stereocenters. The van der Waals surface area contributed by atoms with E-state index >= 15 is 0 Å². The summed E-state index contributed by atoms with van der Waals surface area (Å²) in [5, 5.41) is 7.50. The monoisotopic (exact) mass is 518 g/mol. The van der Waals surface area contributed by atoms with E-state index in [2.05, 4.69) is 66.0 Å². The first-order valence-corrected chi connectivity index (χ1v) is 14.4. The number of carbonyl (C=O) groups excluding carboxylic acids is 2. The van der Waals surface area contributed by atoms with E-state index < -0.39 is 0 Å². The topological polar surface area (TPSA) is 67.4 Å². The molecule has 0 aliphatic carbocycles. The Kier molecular flexibility index (Phi) is 21.9. The SMILES string of the molecule is CC(C)C(=O)CCNC(C)(C)C.CC(C)C(=O)CCOC(C)(C)C.CC(C)SCCNC(C)(C)C. The molecule has 6 heteroatoms. The summed E-state index contributed by atoms with van der Waals surface area (Å²) in [7, 11) is 0. The molecule has 35 heavy (non-hydrogen) atoms. The molecule has 0 radical (unpaired) electrons. The summed E-state index contributed by atoms with van der Waals surface area (Å²) in [6, 6.07) is 0. The van der Waals surface area contributed by atoms with Gasteiger partial charge in [0.25, 0.3) is 0 Å². The second-order valence-corrected chi connectivity index (χ2v) is 14.7. The Morgan fingerprint density at radius 3 is 1.43 bits per heavy atom. The maximum atomic E-state index is 11.2. The summed E-state index contributed by atoms with van der Waals surface area (Å²) in [5.74, 6) is 2.14. The van der Waals surface area contributed by atoms with Crippen LogP contribution in [0.1, 0.15) is 117 Å². The van der Waals surface area contributed by atoms with E-state index in [-0.39, 0.29) is 34.3 Å². The lowest BCUT2D eigenvalue weighted by molar-refractivity contribution is -0.124. The average molecular weight is 519 g/mol. The normalized spacial score (nSPS) is 12.3. The van der Waals surface area contributed by atoms with Crippen LogP contribution in [0.25, 0.3) is 0 Å². The summed E-state index contributed by atoms with van der Waals surface area (Å²) in [6.07, 6.45) is 1.18. The third-order valence-corrected chi connectivity index (χ3v) is 5.51. The van der Waals surface area contributed by atoms with Gasteiger partial charge in [-0.25, -0.2) is 0 Å². The van der Waals surface area contributed by atoms with Gasteiger partial charge in [0, 0.05) is 54.6 Å². The van der Waals surface area contributed by atoms with Gasteiger partial charge < -0.3 is 15.4 Å². The van der Waals surface area contributed by atoms with Crippen molar-refractivity contribution in [3.05, 3.63) is 0 Å². The molecule has 0 aromatic carbocycles. The van der Waals surface area contributed by atoms with E-state index in [1.807, 2.05) is 60.2 Å². The van der Waals surface area contributed by atoms with Gasteiger partial charge in [0.2, 0.25) is 0 Å². The van der Waals surface area contributed by atoms with Gasteiger partial charge in [-0.05, 0) is 67.6 Å². The predicted octanol–water partition coefficient (Wildman–Crippen LogP) is 6.92. The van der Waals surface area contributed by atoms with E-state index in [9.17, 15) is 9.59 Å². The molecule has 0 spiro atoms. The predicted molar refractivity (Wildman–Crippen MR) is 158 cm³/mol. The molecule has 0 saturated carbocycles. The third kappa shape index (κ3) is 38.3. The van der Waals surface area contributed by atoms with Gasteiger partial charge in [-0.15, -0.1) is 0 Å². The highest BCUT2D eigenvalue weighted by atomic mass is 32.2. The fourth-order valence-electron chi connectivity index (χ4n) is 2.32. The molecule has 0 aromatic rings. The molecule has 0 fully saturated rings. The molecule has 0 heterocycles. The van der Waals surface area contributed by atoms with Gasteiger partial charge >= 0.3 is 0 Å². The summed E-state index contributed by atoms with van der Waals surface area (Å²) < 4.78 is 5.43. The van der Waals surface area contributed by atoms with Gasteiger partial charge in [-0.2, -0.15) is 11.8 Å². The van der Waals surface area contributed by atoms with Crippen LogP contribution in [0, 0.1) is 11.8 Å². The van der Waals surface area contributed by atoms with Crippen molar-refractivity contribution in [2.45, 2.75) is 139 Å². The molecule has 0 amide bonds. The second-order valence-electron chi connectivity index (χ2n) is 13.0. The van der Waals surface area contributed by atoms with Crippen LogP contribution in [0.2, 0.25) is 0 Å². The van der Waals surface area contributed by atoms with Crippen molar-refractivity contribution >= 4 is 23.3 Å². The molecule has 0 unspecified atom stereocenters. The van der Waals surface area contributed by atoms with Crippen molar-refractivity contribution in [1.82, 2.24) is 10.6 Å². The zero-order valence-electron chi connectivity index (χ0n) is 26.1. The van der Waals surface area contributed by atoms with Gasteiger partial charge in [-0.3, -0.25) is 9.59 Å². The molecule has 5 nitrogen and oxygen atoms in total. The fourth-order valence-corrected chi connectivity index (χ4v) is 3.01. The highest BCUT2D eigenvalue weighted by Gasteiger charge is 2.13. The summed E-state index contributed by atoms with van der Waals surface area (Å²) >= 11 is 2.01. The Hall–Kier alpha value is -0.430. The standard InChI is InChI=1S/C10H21NO.C10H20O2.C9H21NS/c1-8(2)9(12)6-7-11-10(3,4)5;1-8(2)9(11)6-7-12-10(3,4)5;1-8(2)11-7-6-10-9(3,4)5/h8,11H,6-7H2,1-5H3;8H,6-7H2,1-5H3;8,10H,6-7H2,1-5H3. The number of nitrogens with one attached hydrogen (secondary N) is 2. The first-order valence-electron chi connectivity index (χ1n) is 13.4. The van der Waals surface area contributed by atoms with Crippen molar-refractivity contribution in [1.29, 1.82) is 0 Å². The van der Waals surface area contributed by atoms with Gasteiger partial charge in [0.05, 0.1) is 12.2 Å². The molecule has 212 valence electrons. The molecule has 2 N–H and O–H groups in total. The Morgan fingerprint density at radius 1 is 0.686 bits per heavy atom. The Morgan fingerprint density at radius 2 is 1.09 bits per heavy atom. The quantitative estimate of drug-likeness (QED) is 0.273. The molecule has 0 bridgehead atoms. The highest BCUT2D eigenvalue weighted by molar-refractivity contribution is 7.99. The molecule has 0 aromatic heterocycles. The van der Waals surface area contributed by atoms with Crippen molar-refractivity contribution in [2.24, 2.45) is 11.8 Å². The molecular weight excluding hydrogens is 456 g/mol. The largest absolute Gasteiger partial charge is 0.375 e. The zero-order chi connectivity index (χ0) is 28.5. The van der Waals surface area contributed by atoms with Crippen LogP contribution < -0.4 is 10.6 Å². The van der Waals surface area contributed by atoms with Crippen molar-refractivity contribution < 1.29 is 14.3 Å². The van der Waals surface area contributed by atoms with Crippen LogP contribution in [0.15, 0.2) is 0 Å². The molecule has 0 aliphatic heterocycles. The first kappa shape index (κ1) is 39.1. The van der Waals surface area contributed by atoms with E-state index in [4.69, 9.17) is 4.74 Å². The molecular formula is C29H62N2O3S. The Bertz CT molecular complexity index is 504. The number of rotatable bonds is 12. The van der Waals surface area contributed by atoms with Gasteiger partial charge in [-0.1, -0.05) is 41.5 Å². The number of carbonyl (C=O) groups is 2. The van der Waals surface area contributed by atoms with Crippen molar-refractivity contribution in [3.63, 3.8) is 0 Å². The van der Waals surface area contributed by atoms with Crippen molar-refractivity contribution in [2.75, 3.05) is 25.4 Å². The zero-order valence-corrected chi connectivity index (χ0v) is 26.9. The van der Waals surface area contributed by atoms with Crippen LogP contribution in [0.4, 0.5) is 0 Å². The van der Waals surface area contributed by atoms with Crippen LogP contribution in [-0.4, -0.2) is 58.9 Å². The van der Waals surface area contributed by atoms with Crippen molar-refractivity contribution in [3.8, 4) is 0 Å². The van der Waals surface area contributed by atoms with Crippen LogP contribution in [0.5, 0.6) is 0 Å². The maximum absolute atomic E-state index is 11.2. The van der Waals surface area contributed by atoms with E-state index in [0.717, 1.165) is 18.3 Å². The number of Topliss-reactive ketones (excluding diaryl/α,β-unsaturated/α-hetero) is 2. The Labute approximate surface area is 224 Å².